The smallest absolute Gasteiger partial charge is 0.305 e. The van der Waals surface area contributed by atoms with Crippen LogP contribution in [0.5, 0.6) is 0 Å². The number of rotatable bonds is 9. The van der Waals surface area contributed by atoms with Gasteiger partial charge in [-0.15, -0.1) is 11.3 Å². The van der Waals surface area contributed by atoms with Gasteiger partial charge in [0, 0.05) is 38.2 Å². The molecule has 0 radical (unpaired) electrons. The topological polar surface area (TPSA) is 119 Å². The number of hydrogen-bond acceptors (Lipinski definition) is 6. The fraction of sp³-hybridized carbons (Fsp3) is 0.394. The lowest BCUT2D eigenvalue weighted by molar-refractivity contribution is -0.137. The second-order valence-corrected chi connectivity index (χ2v) is 13.1. The molecule has 3 amide bonds. The van der Waals surface area contributed by atoms with Crippen LogP contribution in [0.3, 0.4) is 0 Å². The number of amides is 3. The first-order valence-electron chi connectivity index (χ1n) is 14.5. The second-order valence-electron chi connectivity index (χ2n) is 12.2. The number of thiophene rings is 1. The third kappa shape index (κ3) is 8.90. The number of carbonyl (C=O) groups excluding carboxylic acids is 3. The summed E-state index contributed by atoms with van der Waals surface area (Å²) in [6, 6.07) is 15.3. The number of aliphatic carboxylic acids is 1. The minimum Gasteiger partial charge on any atom is -0.481 e. The summed E-state index contributed by atoms with van der Waals surface area (Å²) in [5.74, 6) is -1.62. The van der Waals surface area contributed by atoms with E-state index in [2.05, 4.69) is 36.3 Å². The Hall–Kier alpha value is -4.18. The highest BCUT2D eigenvalue weighted by Crippen LogP contribution is 2.30. The van der Waals surface area contributed by atoms with Crippen molar-refractivity contribution in [2.75, 3.05) is 36.4 Å². The zero-order valence-electron chi connectivity index (χ0n) is 25.2. The molecule has 9 nitrogen and oxygen atoms in total. The van der Waals surface area contributed by atoms with Gasteiger partial charge < -0.3 is 25.5 Å². The SMILES string of the molecule is Cc1ccc(C(CC(=O)O)NC(=O)c2ccc(N3CCCN(C(=O)CC(C)(C)C)CC3)c(NC(=O)c3cccs3)c2)cc1. The first-order chi connectivity index (χ1) is 20.4. The van der Waals surface area contributed by atoms with E-state index in [1.54, 1.807) is 24.3 Å². The molecule has 2 aromatic carbocycles. The Morgan fingerprint density at radius 3 is 2.35 bits per heavy atom. The highest BCUT2D eigenvalue weighted by Gasteiger charge is 2.26. The lowest BCUT2D eigenvalue weighted by Gasteiger charge is -2.27. The molecule has 0 saturated carbocycles. The van der Waals surface area contributed by atoms with Gasteiger partial charge in [-0.2, -0.15) is 0 Å². The van der Waals surface area contributed by atoms with Crippen molar-refractivity contribution in [3.63, 3.8) is 0 Å². The van der Waals surface area contributed by atoms with E-state index in [4.69, 9.17) is 0 Å². The number of benzene rings is 2. The molecule has 0 spiro atoms. The average molecular weight is 605 g/mol. The van der Waals surface area contributed by atoms with Gasteiger partial charge in [-0.1, -0.05) is 56.7 Å². The van der Waals surface area contributed by atoms with E-state index >= 15 is 0 Å². The van der Waals surface area contributed by atoms with Crippen LogP contribution in [0.1, 0.15) is 77.2 Å². The molecule has 3 aromatic rings. The van der Waals surface area contributed by atoms with Crippen molar-refractivity contribution in [1.29, 1.82) is 0 Å². The third-order valence-corrected chi connectivity index (χ3v) is 8.16. The van der Waals surface area contributed by atoms with Crippen LogP contribution in [-0.4, -0.2) is 59.9 Å². The van der Waals surface area contributed by atoms with E-state index in [9.17, 15) is 24.3 Å². The minimum absolute atomic E-state index is 0.0956. The van der Waals surface area contributed by atoms with Crippen LogP contribution in [0.25, 0.3) is 0 Å². The molecule has 3 N–H and O–H groups in total. The molecule has 1 atom stereocenters. The van der Waals surface area contributed by atoms with Gasteiger partial charge in [0.25, 0.3) is 11.8 Å². The van der Waals surface area contributed by atoms with E-state index in [0.29, 0.717) is 54.3 Å². The first kappa shape index (κ1) is 31.7. The lowest BCUT2D eigenvalue weighted by Crippen LogP contribution is -2.37. The summed E-state index contributed by atoms with van der Waals surface area (Å²) in [6.45, 7) is 10.6. The summed E-state index contributed by atoms with van der Waals surface area (Å²) < 4.78 is 0. The Balaban J connectivity index is 1.59. The van der Waals surface area contributed by atoms with Gasteiger partial charge in [0.2, 0.25) is 5.91 Å². The molecule has 2 heterocycles. The van der Waals surface area contributed by atoms with Crippen LogP contribution in [-0.2, 0) is 9.59 Å². The molecule has 1 unspecified atom stereocenters. The largest absolute Gasteiger partial charge is 0.481 e. The van der Waals surface area contributed by atoms with Gasteiger partial charge in [-0.3, -0.25) is 19.2 Å². The fourth-order valence-electron chi connectivity index (χ4n) is 5.09. The maximum atomic E-state index is 13.4. The summed E-state index contributed by atoms with van der Waals surface area (Å²) in [6.07, 6.45) is 0.974. The molecule has 0 bridgehead atoms. The summed E-state index contributed by atoms with van der Waals surface area (Å²) >= 11 is 1.32. The van der Waals surface area contributed by atoms with E-state index < -0.39 is 17.9 Å². The molecule has 4 rings (SSSR count). The van der Waals surface area contributed by atoms with Gasteiger partial charge in [0.05, 0.1) is 28.7 Å². The molecule has 10 heteroatoms. The molecule has 1 fully saturated rings. The van der Waals surface area contributed by atoms with Crippen molar-refractivity contribution >= 4 is 46.4 Å². The molecular formula is C33H40N4O5S. The number of carboxylic acids is 1. The number of anilines is 2. The molecule has 43 heavy (non-hydrogen) atoms. The minimum atomic E-state index is -1.03. The van der Waals surface area contributed by atoms with E-state index in [1.807, 2.05) is 47.5 Å². The normalized spacial score (nSPS) is 14.5. The molecule has 1 aliphatic heterocycles. The molecule has 1 saturated heterocycles. The van der Waals surface area contributed by atoms with Crippen molar-refractivity contribution in [3.05, 3.63) is 81.5 Å². The van der Waals surface area contributed by atoms with Crippen LogP contribution in [0, 0.1) is 12.3 Å². The Morgan fingerprint density at radius 1 is 0.953 bits per heavy atom. The second kappa shape index (κ2) is 13.9. The molecule has 228 valence electrons. The standard InChI is InChI=1S/C33H40N4O5S/c1-22-8-10-23(11-9-22)25(20-30(39)40)34-31(41)24-12-13-27(26(19-24)35-32(42)28-7-5-18-43-28)36-14-6-15-37(17-16-36)29(38)21-33(2,3)4/h5,7-13,18-19,25H,6,14-17,20-21H2,1-4H3,(H,34,41)(H,35,42)(H,39,40). The van der Waals surface area contributed by atoms with Crippen LogP contribution in [0.4, 0.5) is 11.4 Å². The number of aryl methyl sites for hydroxylation is 1. The zero-order valence-corrected chi connectivity index (χ0v) is 26.0. The fourth-order valence-corrected chi connectivity index (χ4v) is 5.70. The van der Waals surface area contributed by atoms with Crippen LogP contribution < -0.4 is 15.5 Å². The van der Waals surface area contributed by atoms with Gasteiger partial charge in [0.1, 0.15) is 0 Å². The Kier molecular flexibility index (Phi) is 10.2. The van der Waals surface area contributed by atoms with Crippen molar-refractivity contribution in [2.45, 2.75) is 53.0 Å². The van der Waals surface area contributed by atoms with E-state index in [-0.39, 0.29) is 23.7 Å². The first-order valence-corrected chi connectivity index (χ1v) is 15.4. The summed E-state index contributed by atoms with van der Waals surface area (Å²) in [5, 5.41) is 17.2. The van der Waals surface area contributed by atoms with E-state index in [1.165, 1.54) is 11.3 Å². The molecule has 0 aliphatic carbocycles. The predicted octanol–water partition coefficient (Wildman–Crippen LogP) is 5.73. The van der Waals surface area contributed by atoms with Crippen molar-refractivity contribution in [1.82, 2.24) is 10.2 Å². The number of hydrogen-bond donors (Lipinski definition) is 3. The third-order valence-electron chi connectivity index (χ3n) is 7.29. The summed E-state index contributed by atoms with van der Waals surface area (Å²) in [4.78, 5) is 55.7. The van der Waals surface area contributed by atoms with Crippen molar-refractivity contribution < 1.29 is 24.3 Å². The van der Waals surface area contributed by atoms with E-state index in [0.717, 1.165) is 17.7 Å². The number of nitrogens with one attached hydrogen (secondary N) is 2. The Morgan fingerprint density at radius 2 is 1.70 bits per heavy atom. The summed E-state index contributed by atoms with van der Waals surface area (Å²) in [7, 11) is 0. The summed E-state index contributed by atoms with van der Waals surface area (Å²) in [5.41, 5.74) is 3.16. The average Bonchev–Trinajstić information content (AvgIpc) is 3.37. The lowest BCUT2D eigenvalue weighted by atomic mass is 9.91. The maximum absolute atomic E-state index is 13.4. The molecule has 1 aromatic heterocycles. The van der Waals surface area contributed by atoms with Crippen LogP contribution >= 0.6 is 11.3 Å². The predicted molar refractivity (Wildman–Crippen MR) is 170 cm³/mol. The monoisotopic (exact) mass is 604 g/mol. The quantitative estimate of drug-likeness (QED) is 0.287. The number of carboxylic acid groups (broad SMARTS) is 1. The highest BCUT2D eigenvalue weighted by atomic mass is 32.1. The van der Waals surface area contributed by atoms with Crippen LogP contribution in [0.2, 0.25) is 0 Å². The van der Waals surface area contributed by atoms with Gasteiger partial charge in [0.15, 0.2) is 0 Å². The van der Waals surface area contributed by atoms with Crippen molar-refractivity contribution in [3.8, 4) is 0 Å². The number of nitrogens with zero attached hydrogens (tertiary/aromatic N) is 2. The van der Waals surface area contributed by atoms with Gasteiger partial charge >= 0.3 is 5.97 Å². The Bertz CT molecular complexity index is 1450. The van der Waals surface area contributed by atoms with Crippen molar-refractivity contribution in [2.24, 2.45) is 5.41 Å². The zero-order chi connectivity index (χ0) is 31.1. The highest BCUT2D eigenvalue weighted by molar-refractivity contribution is 7.12. The maximum Gasteiger partial charge on any atom is 0.305 e. The Labute approximate surface area is 256 Å². The van der Waals surface area contributed by atoms with Gasteiger partial charge in [-0.25, -0.2) is 0 Å². The number of carbonyl (C=O) groups is 4. The van der Waals surface area contributed by atoms with Gasteiger partial charge in [-0.05, 0) is 54.0 Å². The molecular weight excluding hydrogens is 564 g/mol. The molecule has 1 aliphatic rings. The van der Waals surface area contributed by atoms with Crippen LogP contribution in [0.15, 0.2) is 60.0 Å².